The van der Waals surface area contributed by atoms with Crippen LogP contribution in [0.15, 0.2) is 10.7 Å². The van der Waals surface area contributed by atoms with Crippen molar-refractivity contribution in [1.29, 1.82) is 0 Å². The molecule has 0 aromatic carbocycles. The van der Waals surface area contributed by atoms with Crippen molar-refractivity contribution >= 4 is 11.9 Å². The van der Waals surface area contributed by atoms with E-state index in [1.54, 1.807) is 0 Å². The summed E-state index contributed by atoms with van der Waals surface area (Å²) in [5, 5.41) is 9.04. The van der Waals surface area contributed by atoms with Gasteiger partial charge in [0, 0.05) is 18.2 Å². The van der Waals surface area contributed by atoms with E-state index in [9.17, 15) is 9.59 Å². The average Bonchev–Trinajstić information content (AvgIpc) is 3.28. The highest BCUT2D eigenvalue weighted by Crippen LogP contribution is 2.34. The van der Waals surface area contributed by atoms with Gasteiger partial charge in [0.05, 0.1) is 11.8 Å². The SMILES string of the molecule is Cc1coc(CC(=O)O)c1C(=O)N(CC1CC1)C1CCCCC1. The molecule has 0 aliphatic heterocycles. The molecule has 5 nitrogen and oxygen atoms in total. The Morgan fingerprint density at radius 3 is 2.52 bits per heavy atom. The van der Waals surface area contributed by atoms with Gasteiger partial charge in [0.15, 0.2) is 0 Å². The summed E-state index contributed by atoms with van der Waals surface area (Å²) >= 11 is 0. The summed E-state index contributed by atoms with van der Waals surface area (Å²) in [6.07, 6.45) is 9.37. The third-order valence-electron chi connectivity index (χ3n) is 5.00. The fourth-order valence-electron chi connectivity index (χ4n) is 3.57. The Kier molecular flexibility index (Phi) is 4.74. The Bertz CT molecular complexity index is 582. The number of carboxylic acids is 1. The van der Waals surface area contributed by atoms with Crippen LogP contribution in [0, 0.1) is 12.8 Å². The lowest BCUT2D eigenvalue weighted by molar-refractivity contribution is -0.136. The minimum absolute atomic E-state index is 0.0358. The van der Waals surface area contributed by atoms with Gasteiger partial charge in [0.25, 0.3) is 5.91 Å². The first kappa shape index (κ1) is 16.1. The molecule has 1 aromatic rings. The van der Waals surface area contributed by atoms with Crippen LogP contribution in [-0.4, -0.2) is 34.5 Å². The number of rotatable bonds is 6. The lowest BCUT2D eigenvalue weighted by Crippen LogP contribution is -2.43. The summed E-state index contributed by atoms with van der Waals surface area (Å²) < 4.78 is 5.36. The normalized spacial score (nSPS) is 18.8. The molecule has 0 saturated heterocycles. The Balaban J connectivity index is 1.84. The van der Waals surface area contributed by atoms with Crippen LogP contribution in [0.3, 0.4) is 0 Å². The molecule has 2 aliphatic rings. The number of furan rings is 1. The molecule has 2 saturated carbocycles. The minimum Gasteiger partial charge on any atom is -0.481 e. The molecule has 5 heteroatoms. The van der Waals surface area contributed by atoms with Crippen molar-refractivity contribution in [2.45, 2.75) is 64.3 Å². The number of aliphatic carboxylic acids is 1. The lowest BCUT2D eigenvalue weighted by Gasteiger charge is -2.34. The van der Waals surface area contributed by atoms with Gasteiger partial charge in [-0.3, -0.25) is 9.59 Å². The third kappa shape index (κ3) is 3.77. The third-order valence-corrected chi connectivity index (χ3v) is 5.00. The van der Waals surface area contributed by atoms with Crippen LogP contribution in [-0.2, 0) is 11.2 Å². The topological polar surface area (TPSA) is 70.7 Å². The van der Waals surface area contributed by atoms with E-state index in [0.29, 0.717) is 17.5 Å². The maximum Gasteiger partial charge on any atom is 0.311 e. The second kappa shape index (κ2) is 6.77. The number of nitrogens with zero attached hydrogens (tertiary/aromatic N) is 1. The molecule has 23 heavy (non-hydrogen) atoms. The highest BCUT2D eigenvalue weighted by molar-refractivity contribution is 5.97. The summed E-state index contributed by atoms with van der Waals surface area (Å²) in [5.74, 6) is -0.0984. The van der Waals surface area contributed by atoms with E-state index in [0.717, 1.165) is 24.9 Å². The summed E-state index contributed by atoms with van der Waals surface area (Å²) in [5.41, 5.74) is 1.21. The van der Waals surface area contributed by atoms with Crippen molar-refractivity contribution in [2.75, 3.05) is 6.54 Å². The molecule has 0 bridgehead atoms. The van der Waals surface area contributed by atoms with Crippen LogP contribution in [0.4, 0.5) is 0 Å². The van der Waals surface area contributed by atoms with Crippen molar-refractivity contribution in [3.8, 4) is 0 Å². The summed E-state index contributed by atoms with van der Waals surface area (Å²) in [6.45, 7) is 2.62. The van der Waals surface area contributed by atoms with Gasteiger partial charge in [-0.2, -0.15) is 0 Å². The zero-order chi connectivity index (χ0) is 16.4. The van der Waals surface area contributed by atoms with Crippen LogP contribution >= 0.6 is 0 Å². The molecule has 3 rings (SSSR count). The first-order chi connectivity index (χ1) is 11.1. The quantitative estimate of drug-likeness (QED) is 0.872. The smallest absolute Gasteiger partial charge is 0.311 e. The fourth-order valence-corrected chi connectivity index (χ4v) is 3.57. The second-order valence-corrected chi connectivity index (χ2v) is 6.98. The molecule has 1 N–H and O–H groups in total. The maximum atomic E-state index is 13.2. The molecule has 0 spiro atoms. The van der Waals surface area contributed by atoms with Crippen molar-refractivity contribution in [3.05, 3.63) is 23.2 Å². The predicted molar refractivity (Wildman–Crippen MR) is 85.4 cm³/mol. The first-order valence-electron chi connectivity index (χ1n) is 8.66. The molecule has 0 radical (unpaired) electrons. The molecule has 1 amide bonds. The first-order valence-corrected chi connectivity index (χ1v) is 8.66. The number of carbonyl (C=O) groups excluding carboxylic acids is 1. The van der Waals surface area contributed by atoms with Crippen LogP contribution in [0.1, 0.15) is 66.6 Å². The van der Waals surface area contributed by atoms with E-state index in [-0.39, 0.29) is 18.1 Å². The Morgan fingerprint density at radius 1 is 1.22 bits per heavy atom. The van der Waals surface area contributed by atoms with Gasteiger partial charge in [0.2, 0.25) is 0 Å². The Hall–Kier alpha value is -1.78. The van der Waals surface area contributed by atoms with Crippen molar-refractivity contribution in [1.82, 2.24) is 4.90 Å². The number of aryl methyl sites for hydroxylation is 1. The average molecular weight is 319 g/mol. The molecule has 126 valence electrons. The number of carboxylic acid groups (broad SMARTS) is 1. The second-order valence-electron chi connectivity index (χ2n) is 6.98. The van der Waals surface area contributed by atoms with Crippen LogP contribution in [0.25, 0.3) is 0 Å². The van der Waals surface area contributed by atoms with E-state index in [1.807, 2.05) is 11.8 Å². The molecule has 2 aliphatic carbocycles. The number of carbonyl (C=O) groups is 2. The molecular weight excluding hydrogens is 294 g/mol. The maximum absolute atomic E-state index is 13.2. The lowest BCUT2D eigenvalue weighted by atomic mass is 9.93. The van der Waals surface area contributed by atoms with E-state index >= 15 is 0 Å². The van der Waals surface area contributed by atoms with E-state index in [1.165, 1.54) is 38.4 Å². The standard InChI is InChI=1S/C18H25NO4/c1-12-11-23-15(9-16(20)21)17(12)18(22)19(10-13-7-8-13)14-5-3-2-4-6-14/h11,13-14H,2-10H2,1H3,(H,20,21). The van der Waals surface area contributed by atoms with E-state index in [2.05, 4.69) is 0 Å². The molecule has 1 heterocycles. The summed E-state index contributed by atoms with van der Waals surface area (Å²) in [4.78, 5) is 26.2. The zero-order valence-corrected chi connectivity index (χ0v) is 13.7. The van der Waals surface area contributed by atoms with E-state index in [4.69, 9.17) is 9.52 Å². The van der Waals surface area contributed by atoms with Gasteiger partial charge >= 0.3 is 5.97 Å². The monoisotopic (exact) mass is 319 g/mol. The van der Waals surface area contributed by atoms with Gasteiger partial charge in [-0.25, -0.2) is 0 Å². The van der Waals surface area contributed by atoms with Crippen molar-refractivity contribution < 1.29 is 19.1 Å². The minimum atomic E-state index is -0.972. The van der Waals surface area contributed by atoms with Gasteiger partial charge in [-0.1, -0.05) is 19.3 Å². The summed E-state index contributed by atoms with van der Waals surface area (Å²) in [6, 6.07) is 0.295. The molecule has 0 unspecified atom stereocenters. The Labute approximate surface area is 136 Å². The fraction of sp³-hybridized carbons (Fsp3) is 0.667. The van der Waals surface area contributed by atoms with Gasteiger partial charge in [-0.05, 0) is 38.5 Å². The molecular formula is C18H25NO4. The van der Waals surface area contributed by atoms with Gasteiger partial charge in [0.1, 0.15) is 12.2 Å². The van der Waals surface area contributed by atoms with Crippen molar-refractivity contribution in [2.24, 2.45) is 5.92 Å². The van der Waals surface area contributed by atoms with Gasteiger partial charge < -0.3 is 14.4 Å². The highest BCUT2D eigenvalue weighted by atomic mass is 16.4. The van der Waals surface area contributed by atoms with Gasteiger partial charge in [-0.15, -0.1) is 0 Å². The van der Waals surface area contributed by atoms with Crippen LogP contribution in [0.2, 0.25) is 0 Å². The number of hydrogen-bond donors (Lipinski definition) is 1. The van der Waals surface area contributed by atoms with Crippen molar-refractivity contribution in [3.63, 3.8) is 0 Å². The van der Waals surface area contributed by atoms with E-state index < -0.39 is 5.97 Å². The van der Waals surface area contributed by atoms with Crippen LogP contribution in [0.5, 0.6) is 0 Å². The Morgan fingerprint density at radius 2 is 1.91 bits per heavy atom. The highest BCUT2D eigenvalue weighted by Gasteiger charge is 2.34. The number of amides is 1. The largest absolute Gasteiger partial charge is 0.481 e. The predicted octanol–water partition coefficient (Wildman–Crippen LogP) is 3.40. The summed E-state index contributed by atoms with van der Waals surface area (Å²) in [7, 11) is 0. The molecule has 2 fully saturated rings. The molecule has 1 aromatic heterocycles. The van der Waals surface area contributed by atoms with Crippen LogP contribution < -0.4 is 0 Å². The number of hydrogen-bond acceptors (Lipinski definition) is 3. The molecule has 0 atom stereocenters. The zero-order valence-electron chi connectivity index (χ0n) is 13.7.